The lowest BCUT2D eigenvalue weighted by molar-refractivity contribution is -0.671. The van der Waals surface area contributed by atoms with Gasteiger partial charge in [0.2, 0.25) is 5.52 Å². The highest BCUT2D eigenvalue weighted by atomic mass is 79.9. The highest BCUT2D eigenvalue weighted by Crippen LogP contribution is 2.14. The van der Waals surface area contributed by atoms with Crippen LogP contribution in [0.25, 0.3) is 10.9 Å². The molecule has 0 saturated heterocycles. The van der Waals surface area contributed by atoms with E-state index in [0.29, 0.717) is 0 Å². The summed E-state index contributed by atoms with van der Waals surface area (Å²) in [4.78, 5) is 10.2. The Balaban J connectivity index is 0.00000220. The number of ether oxygens (including phenoxy) is 1. The summed E-state index contributed by atoms with van der Waals surface area (Å²) in [6.45, 7) is 3.35. The van der Waals surface area contributed by atoms with E-state index < -0.39 is 6.16 Å². The minimum Gasteiger partial charge on any atom is -1.00 e. The van der Waals surface area contributed by atoms with Gasteiger partial charge in [0, 0.05) is 23.9 Å². The summed E-state index contributed by atoms with van der Waals surface area (Å²) in [7, 11) is 0. The van der Waals surface area contributed by atoms with Gasteiger partial charge in [0.05, 0.1) is 6.61 Å². The third kappa shape index (κ3) is 5.01. The predicted octanol–water partition coefficient (Wildman–Crippen LogP) is 0.305. The highest BCUT2D eigenvalue weighted by Gasteiger charge is 2.09. The maximum Gasteiger partial charge on any atom is 0.505 e. The molecule has 0 fully saturated rings. The van der Waals surface area contributed by atoms with Crippen LogP contribution in [0.1, 0.15) is 24.8 Å². The van der Waals surface area contributed by atoms with E-state index in [1.807, 2.05) is 0 Å². The first-order valence-corrected chi connectivity index (χ1v) is 6.92. The van der Waals surface area contributed by atoms with E-state index in [2.05, 4.69) is 52.8 Å². The van der Waals surface area contributed by atoms with Crippen molar-refractivity contribution in [3.8, 4) is 0 Å². The van der Waals surface area contributed by atoms with Gasteiger partial charge in [0.1, 0.15) is 6.54 Å². The number of aryl methyl sites for hydroxylation is 2. The molecule has 0 aliphatic rings. The van der Waals surface area contributed by atoms with Gasteiger partial charge in [-0.1, -0.05) is 12.1 Å². The van der Waals surface area contributed by atoms with Crippen LogP contribution in [-0.4, -0.2) is 17.9 Å². The Bertz CT molecular complexity index is 601. The summed E-state index contributed by atoms with van der Waals surface area (Å²) in [6.07, 6.45) is 3.68. The van der Waals surface area contributed by atoms with Crippen LogP contribution in [-0.2, 0) is 11.3 Å². The van der Waals surface area contributed by atoms with Crippen molar-refractivity contribution in [1.82, 2.24) is 0 Å². The number of fused-ring (bicyclic) bond motifs is 1. The number of hydrogen-bond acceptors (Lipinski definition) is 2. The minimum atomic E-state index is -1.19. The van der Waals surface area contributed by atoms with Gasteiger partial charge in [-0.15, -0.1) is 0 Å². The highest BCUT2D eigenvalue weighted by molar-refractivity contribution is 5.78. The number of pyridine rings is 1. The van der Waals surface area contributed by atoms with Crippen LogP contribution >= 0.6 is 0 Å². The number of halogens is 1. The van der Waals surface area contributed by atoms with E-state index in [-0.39, 0.29) is 23.6 Å². The molecule has 1 heterocycles. The van der Waals surface area contributed by atoms with Crippen molar-refractivity contribution in [3.05, 3.63) is 42.1 Å². The minimum absolute atomic E-state index is 0. The standard InChI is InChI=1S/C16H19NO3.BrH/c1-13-9-11-17(15-8-4-3-7-14(13)15)10-5-2-6-12-20-16(18)19;/h3-4,7-9,11H,2,5-6,10,12H2,1H3;1H. The zero-order valence-corrected chi connectivity index (χ0v) is 13.7. The zero-order valence-electron chi connectivity index (χ0n) is 12.1. The van der Waals surface area contributed by atoms with Crippen LogP contribution in [0.5, 0.6) is 0 Å². The number of unbranched alkanes of at least 4 members (excludes halogenated alkanes) is 2. The molecule has 0 amide bonds. The second-order valence-electron chi connectivity index (χ2n) is 4.88. The van der Waals surface area contributed by atoms with Crippen LogP contribution in [0.4, 0.5) is 4.79 Å². The van der Waals surface area contributed by atoms with Crippen molar-refractivity contribution >= 4 is 17.1 Å². The molecule has 1 N–H and O–H groups in total. The Morgan fingerprint density at radius 2 is 1.95 bits per heavy atom. The van der Waals surface area contributed by atoms with Crippen molar-refractivity contribution in [2.75, 3.05) is 6.61 Å². The van der Waals surface area contributed by atoms with E-state index in [1.165, 1.54) is 16.5 Å². The van der Waals surface area contributed by atoms with Crippen LogP contribution in [0, 0.1) is 6.92 Å². The Morgan fingerprint density at radius 1 is 1.19 bits per heavy atom. The lowest BCUT2D eigenvalue weighted by Crippen LogP contribution is -3.00. The van der Waals surface area contributed by atoms with E-state index in [9.17, 15) is 4.79 Å². The first-order valence-electron chi connectivity index (χ1n) is 6.92. The smallest absolute Gasteiger partial charge is 0.505 e. The number of aromatic nitrogens is 1. The summed E-state index contributed by atoms with van der Waals surface area (Å²) >= 11 is 0. The Morgan fingerprint density at radius 3 is 2.71 bits per heavy atom. The van der Waals surface area contributed by atoms with Crippen LogP contribution < -0.4 is 21.5 Å². The first-order chi connectivity index (χ1) is 9.68. The maximum absolute atomic E-state index is 10.2. The SMILES string of the molecule is Cc1cc[n+](CCCCCOC(=O)O)c2ccccc12.[Br-]. The normalized spacial score (nSPS) is 10.1. The van der Waals surface area contributed by atoms with E-state index in [1.54, 1.807) is 0 Å². The quantitative estimate of drug-likeness (QED) is 0.461. The van der Waals surface area contributed by atoms with Gasteiger partial charge < -0.3 is 26.8 Å². The van der Waals surface area contributed by atoms with Crippen LogP contribution in [0.2, 0.25) is 0 Å². The van der Waals surface area contributed by atoms with Gasteiger partial charge in [0.15, 0.2) is 6.20 Å². The number of hydrogen-bond donors (Lipinski definition) is 1. The van der Waals surface area contributed by atoms with Crippen molar-refractivity contribution in [3.63, 3.8) is 0 Å². The monoisotopic (exact) mass is 353 g/mol. The molecule has 2 aromatic rings. The fraction of sp³-hybridized carbons (Fsp3) is 0.375. The second kappa shape index (κ2) is 8.62. The lowest BCUT2D eigenvalue weighted by Gasteiger charge is -2.04. The summed E-state index contributed by atoms with van der Waals surface area (Å²) in [5.74, 6) is 0. The molecule has 21 heavy (non-hydrogen) atoms. The molecule has 114 valence electrons. The molecular weight excluding hydrogens is 334 g/mol. The summed E-state index contributed by atoms with van der Waals surface area (Å²) in [6, 6.07) is 10.5. The third-order valence-electron chi connectivity index (χ3n) is 3.41. The number of rotatable bonds is 6. The lowest BCUT2D eigenvalue weighted by atomic mass is 10.1. The van der Waals surface area contributed by atoms with Crippen molar-refractivity contribution in [2.24, 2.45) is 0 Å². The van der Waals surface area contributed by atoms with Gasteiger partial charge >= 0.3 is 6.16 Å². The number of para-hydroxylation sites is 1. The van der Waals surface area contributed by atoms with E-state index in [0.717, 1.165) is 25.8 Å². The largest absolute Gasteiger partial charge is 1.00 e. The molecule has 2 rings (SSSR count). The molecule has 0 bridgehead atoms. The predicted molar refractivity (Wildman–Crippen MR) is 76.7 cm³/mol. The topological polar surface area (TPSA) is 50.4 Å². The van der Waals surface area contributed by atoms with Crippen molar-refractivity contribution in [2.45, 2.75) is 32.7 Å². The fourth-order valence-electron chi connectivity index (χ4n) is 2.34. The molecule has 0 radical (unpaired) electrons. The number of nitrogens with zero attached hydrogens (tertiary/aromatic N) is 1. The van der Waals surface area contributed by atoms with Crippen molar-refractivity contribution in [1.29, 1.82) is 0 Å². The molecule has 0 atom stereocenters. The second-order valence-corrected chi connectivity index (χ2v) is 4.88. The molecule has 0 aliphatic carbocycles. The molecule has 0 spiro atoms. The maximum atomic E-state index is 10.2. The number of benzene rings is 1. The number of carbonyl (C=O) groups is 1. The molecule has 0 unspecified atom stereocenters. The Labute approximate surface area is 135 Å². The Hall–Kier alpha value is -1.62. The average Bonchev–Trinajstić information content (AvgIpc) is 2.45. The first kappa shape index (κ1) is 17.4. The summed E-state index contributed by atoms with van der Waals surface area (Å²) in [5, 5.41) is 9.65. The summed E-state index contributed by atoms with van der Waals surface area (Å²) in [5.41, 5.74) is 2.53. The Kier molecular flexibility index (Phi) is 7.15. The van der Waals surface area contributed by atoms with Gasteiger partial charge in [-0.05, 0) is 31.4 Å². The zero-order chi connectivity index (χ0) is 14.4. The molecule has 1 aromatic heterocycles. The third-order valence-corrected chi connectivity index (χ3v) is 3.41. The number of carboxylic acid groups (broad SMARTS) is 1. The molecular formula is C16H20BrNO3. The molecule has 0 saturated carbocycles. The molecule has 4 nitrogen and oxygen atoms in total. The van der Waals surface area contributed by atoms with E-state index in [4.69, 9.17) is 5.11 Å². The van der Waals surface area contributed by atoms with Gasteiger partial charge in [-0.3, -0.25) is 0 Å². The molecule has 0 aliphatic heterocycles. The van der Waals surface area contributed by atoms with Gasteiger partial charge in [0.25, 0.3) is 0 Å². The average molecular weight is 354 g/mol. The fourth-order valence-corrected chi connectivity index (χ4v) is 2.34. The van der Waals surface area contributed by atoms with Crippen molar-refractivity contribution < 1.29 is 36.2 Å². The van der Waals surface area contributed by atoms with E-state index >= 15 is 0 Å². The van der Waals surface area contributed by atoms with Crippen LogP contribution in [0.15, 0.2) is 36.5 Å². The van der Waals surface area contributed by atoms with Gasteiger partial charge in [-0.25, -0.2) is 4.79 Å². The van der Waals surface area contributed by atoms with Gasteiger partial charge in [-0.2, -0.15) is 4.57 Å². The molecule has 5 heteroatoms. The summed E-state index contributed by atoms with van der Waals surface area (Å²) < 4.78 is 6.74. The molecule has 1 aromatic carbocycles. The van der Waals surface area contributed by atoms with Crippen LogP contribution in [0.3, 0.4) is 0 Å².